The summed E-state index contributed by atoms with van der Waals surface area (Å²) in [5.74, 6) is -1.11. The maximum Gasteiger partial charge on any atom is 0.355 e. The zero-order chi connectivity index (χ0) is 15.4. The minimum atomic E-state index is -1.04. The first-order chi connectivity index (χ1) is 9.99. The zero-order valence-corrected chi connectivity index (χ0v) is 13.1. The van der Waals surface area contributed by atoms with Gasteiger partial charge < -0.3 is 10.4 Å². The van der Waals surface area contributed by atoms with Crippen LogP contribution in [0.4, 0.5) is 0 Å². The number of carbonyl (C=O) groups is 2. The number of carboxylic acid groups (broad SMARTS) is 1. The highest BCUT2D eigenvalue weighted by Crippen LogP contribution is 2.19. The second-order valence-electron chi connectivity index (χ2n) is 4.58. The van der Waals surface area contributed by atoms with Gasteiger partial charge in [0.25, 0.3) is 5.91 Å². The molecule has 7 nitrogen and oxygen atoms in total. The van der Waals surface area contributed by atoms with Crippen molar-refractivity contribution >= 4 is 34.7 Å². The van der Waals surface area contributed by atoms with Crippen molar-refractivity contribution in [1.82, 2.24) is 19.9 Å². The fraction of sp³-hybridized carbons (Fsp3) is 0.417. The zero-order valence-electron chi connectivity index (χ0n) is 11.5. The molecule has 2 aromatic heterocycles. The number of rotatable bonds is 6. The van der Waals surface area contributed by atoms with Gasteiger partial charge in [-0.3, -0.25) is 4.79 Å². The van der Waals surface area contributed by atoms with E-state index in [4.69, 9.17) is 5.11 Å². The summed E-state index contributed by atoms with van der Waals surface area (Å²) in [5, 5.41) is 17.7. The van der Waals surface area contributed by atoms with Gasteiger partial charge in [-0.05, 0) is 17.5 Å². The third-order valence-corrected chi connectivity index (χ3v) is 4.31. The Morgan fingerprint density at radius 3 is 2.81 bits per heavy atom. The number of aromatic carboxylic acids is 1. The van der Waals surface area contributed by atoms with E-state index in [2.05, 4.69) is 19.9 Å². The molecular weight excluding hydrogens is 312 g/mol. The van der Waals surface area contributed by atoms with Gasteiger partial charge in [-0.15, -0.1) is 16.4 Å². The van der Waals surface area contributed by atoms with E-state index in [0.717, 1.165) is 11.5 Å². The number of hydrogen-bond donors (Lipinski definition) is 2. The standard InChI is InChI=1S/C12H14N4O3S2/c1-6(2)9-10(21-16-15-9)11(17)13-4-3-8-14-7(5-20-8)12(18)19/h5-6H,3-4H2,1-2H3,(H,13,17)(H,18,19). The number of thiazole rings is 1. The van der Waals surface area contributed by atoms with Gasteiger partial charge >= 0.3 is 5.97 Å². The van der Waals surface area contributed by atoms with Crippen LogP contribution in [0.3, 0.4) is 0 Å². The molecule has 0 aliphatic carbocycles. The molecule has 1 amide bonds. The van der Waals surface area contributed by atoms with Crippen LogP contribution >= 0.6 is 22.9 Å². The predicted molar refractivity (Wildman–Crippen MR) is 79.1 cm³/mol. The van der Waals surface area contributed by atoms with Crippen molar-refractivity contribution in [3.8, 4) is 0 Å². The normalized spacial score (nSPS) is 10.8. The van der Waals surface area contributed by atoms with Crippen molar-refractivity contribution in [2.75, 3.05) is 6.54 Å². The minimum absolute atomic E-state index is 0.0371. The van der Waals surface area contributed by atoms with E-state index < -0.39 is 5.97 Å². The van der Waals surface area contributed by atoms with Gasteiger partial charge in [-0.1, -0.05) is 18.3 Å². The molecular formula is C12H14N4O3S2. The number of aromatic nitrogens is 3. The van der Waals surface area contributed by atoms with Crippen LogP contribution in [0, 0.1) is 0 Å². The van der Waals surface area contributed by atoms with Gasteiger partial charge in [0.05, 0.1) is 10.7 Å². The van der Waals surface area contributed by atoms with Crippen LogP contribution in [0.2, 0.25) is 0 Å². The van der Waals surface area contributed by atoms with E-state index in [1.165, 1.54) is 16.7 Å². The maximum atomic E-state index is 12.0. The Morgan fingerprint density at radius 2 is 2.19 bits per heavy atom. The van der Waals surface area contributed by atoms with Crippen LogP contribution in [-0.2, 0) is 6.42 Å². The summed E-state index contributed by atoms with van der Waals surface area (Å²) in [6, 6.07) is 0. The fourth-order valence-corrected chi connectivity index (χ4v) is 3.13. The summed E-state index contributed by atoms with van der Waals surface area (Å²) in [7, 11) is 0. The summed E-state index contributed by atoms with van der Waals surface area (Å²) in [4.78, 5) is 27.2. The van der Waals surface area contributed by atoms with Crippen molar-refractivity contribution in [3.05, 3.63) is 26.7 Å². The molecule has 0 radical (unpaired) electrons. The Balaban J connectivity index is 1.89. The molecule has 9 heteroatoms. The molecule has 21 heavy (non-hydrogen) atoms. The van der Waals surface area contributed by atoms with Gasteiger partial charge in [0, 0.05) is 18.3 Å². The highest BCUT2D eigenvalue weighted by molar-refractivity contribution is 7.09. The SMILES string of the molecule is CC(C)c1nnsc1C(=O)NCCc1nc(C(=O)O)cs1. The lowest BCUT2D eigenvalue weighted by Gasteiger charge is -2.05. The Labute approximate surface area is 129 Å². The summed E-state index contributed by atoms with van der Waals surface area (Å²) in [6.45, 7) is 4.30. The summed E-state index contributed by atoms with van der Waals surface area (Å²) >= 11 is 2.35. The van der Waals surface area contributed by atoms with Gasteiger partial charge in [0.1, 0.15) is 4.88 Å². The van der Waals surface area contributed by atoms with E-state index in [9.17, 15) is 9.59 Å². The lowest BCUT2D eigenvalue weighted by molar-refractivity contribution is 0.0690. The number of nitrogens with one attached hydrogen (secondary N) is 1. The molecule has 0 aliphatic heterocycles. The highest BCUT2D eigenvalue weighted by atomic mass is 32.1. The first-order valence-corrected chi connectivity index (χ1v) is 7.92. The van der Waals surface area contributed by atoms with Crippen molar-refractivity contribution in [1.29, 1.82) is 0 Å². The molecule has 0 bridgehead atoms. The Morgan fingerprint density at radius 1 is 1.43 bits per heavy atom. The molecule has 2 rings (SSSR count). The van der Waals surface area contributed by atoms with Crippen molar-refractivity contribution < 1.29 is 14.7 Å². The molecule has 0 spiro atoms. The predicted octanol–water partition coefficient (Wildman–Crippen LogP) is 1.79. The Bertz CT molecular complexity index is 650. The van der Waals surface area contributed by atoms with Crippen LogP contribution < -0.4 is 5.32 Å². The summed E-state index contributed by atoms with van der Waals surface area (Å²) < 4.78 is 3.81. The number of carbonyl (C=O) groups excluding carboxylic acids is 1. The third kappa shape index (κ3) is 3.82. The minimum Gasteiger partial charge on any atom is -0.476 e. The van der Waals surface area contributed by atoms with E-state index in [-0.39, 0.29) is 17.5 Å². The summed E-state index contributed by atoms with van der Waals surface area (Å²) in [5.41, 5.74) is 0.731. The molecule has 2 aromatic rings. The fourth-order valence-electron chi connectivity index (χ4n) is 1.62. The van der Waals surface area contributed by atoms with Crippen molar-refractivity contribution in [2.45, 2.75) is 26.2 Å². The van der Waals surface area contributed by atoms with E-state index in [0.29, 0.717) is 28.5 Å². The second-order valence-corrected chi connectivity index (χ2v) is 6.28. The third-order valence-electron chi connectivity index (χ3n) is 2.66. The van der Waals surface area contributed by atoms with Gasteiger partial charge in [0.2, 0.25) is 0 Å². The van der Waals surface area contributed by atoms with E-state index in [1.807, 2.05) is 13.8 Å². The largest absolute Gasteiger partial charge is 0.476 e. The number of carboxylic acids is 1. The van der Waals surface area contributed by atoms with Crippen LogP contribution in [0.1, 0.15) is 50.6 Å². The van der Waals surface area contributed by atoms with Crippen LogP contribution in [0.5, 0.6) is 0 Å². The van der Waals surface area contributed by atoms with Crippen LogP contribution in [0.15, 0.2) is 5.38 Å². The lowest BCUT2D eigenvalue weighted by Crippen LogP contribution is -2.26. The Hall–Kier alpha value is -1.87. The second kappa shape index (κ2) is 6.72. The topological polar surface area (TPSA) is 105 Å². The monoisotopic (exact) mass is 326 g/mol. The molecule has 112 valence electrons. The molecule has 0 atom stereocenters. The lowest BCUT2D eigenvalue weighted by atomic mass is 10.1. The smallest absolute Gasteiger partial charge is 0.355 e. The quantitative estimate of drug-likeness (QED) is 0.838. The number of hydrogen-bond acceptors (Lipinski definition) is 7. The maximum absolute atomic E-state index is 12.0. The van der Waals surface area contributed by atoms with Crippen molar-refractivity contribution in [3.63, 3.8) is 0 Å². The molecule has 0 saturated heterocycles. The molecule has 0 aliphatic rings. The van der Waals surface area contributed by atoms with Crippen molar-refractivity contribution in [2.24, 2.45) is 0 Å². The first kappa shape index (κ1) is 15.5. The van der Waals surface area contributed by atoms with E-state index in [1.54, 1.807) is 0 Å². The Kier molecular flexibility index (Phi) is 4.97. The molecule has 2 heterocycles. The van der Waals surface area contributed by atoms with Crippen LogP contribution in [0.25, 0.3) is 0 Å². The van der Waals surface area contributed by atoms with Crippen LogP contribution in [-0.4, -0.2) is 38.1 Å². The van der Waals surface area contributed by atoms with E-state index >= 15 is 0 Å². The van der Waals surface area contributed by atoms with Gasteiger partial charge in [0.15, 0.2) is 5.69 Å². The molecule has 2 N–H and O–H groups in total. The molecule has 0 saturated carbocycles. The molecule has 0 aromatic carbocycles. The average molecular weight is 326 g/mol. The average Bonchev–Trinajstić information content (AvgIpc) is 3.07. The van der Waals surface area contributed by atoms with Gasteiger partial charge in [-0.25, -0.2) is 9.78 Å². The van der Waals surface area contributed by atoms with Gasteiger partial charge in [-0.2, -0.15) is 0 Å². The number of nitrogens with zero attached hydrogens (tertiary/aromatic N) is 3. The highest BCUT2D eigenvalue weighted by Gasteiger charge is 2.18. The molecule has 0 fully saturated rings. The summed E-state index contributed by atoms with van der Waals surface area (Å²) in [6.07, 6.45) is 0.493. The molecule has 0 unspecified atom stereocenters. The number of amides is 1. The first-order valence-electron chi connectivity index (χ1n) is 6.27.